The molecule has 0 heterocycles. The van der Waals surface area contributed by atoms with Gasteiger partial charge in [-0.25, -0.2) is 4.79 Å². The molecule has 0 saturated carbocycles. The van der Waals surface area contributed by atoms with E-state index in [2.05, 4.69) is 0 Å². The first-order chi connectivity index (χ1) is 14.4. The van der Waals surface area contributed by atoms with E-state index in [4.69, 9.17) is 55.9 Å². The highest BCUT2D eigenvalue weighted by atomic mass is 35.5. The zero-order valence-corrected chi connectivity index (χ0v) is 19.0. The van der Waals surface area contributed by atoms with Crippen molar-refractivity contribution in [2.24, 2.45) is 0 Å². The second kappa shape index (κ2) is 10.4. The number of halogens is 4. The van der Waals surface area contributed by atoms with Gasteiger partial charge < -0.3 is 9.47 Å². The van der Waals surface area contributed by atoms with E-state index in [0.29, 0.717) is 10.9 Å². The van der Waals surface area contributed by atoms with E-state index in [1.165, 1.54) is 12.1 Å². The minimum atomic E-state index is -0.862. The summed E-state index contributed by atoms with van der Waals surface area (Å²) in [5.74, 6) is 0.238. The van der Waals surface area contributed by atoms with Crippen molar-refractivity contribution in [1.29, 1.82) is 0 Å². The van der Waals surface area contributed by atoms with Crippen LogP contribution in [0.4, 0.5) is 0 Å². The minimum Gasteiger partial charge on any atom is -0.477 e. The SMILES string of the molecule is CC(Oc1cc(Cl)c(Cl)cc1Cl)C(=O)OCc1ccc(-c2ccc(CCl)cc2)cc1. The van der Waals surface area contributed by atoms with Crippen molar-refractivity contribution in [2.75, 3.05) is 0 Å². The van der Waals surface area contributed by atoms with E-state index < -0.39 is 12.1 Å². The van der Waals surface area contributed by atoms with Gasteiger partial charge in [0.1, 0.15) is 12.4 Å². The molecule has 0 N–H and O–H groups in total. The Balaban J connectivity index is 1.56. The van der Waals surface area contributed by atoms with Gasteiger partial charge >= 0.3 is 5.97 Å². The van der Waals surface area contributed by atoms with Gasteiger partial charge in [-0.3, -0.25) is 0 Å². The van der Waals surface area contributed by atoms with Gasteiger partial charge in [0.2, 0.25) is 0 Å². The Kier molecular flexibility index (Phi) is 7.90. The van der Waals surface area contributed by atoms with Crippen LogP contribution in [0.5, 0.6) is 5.75 Å². The van der Waals surface area contributed by atoms with Crippen LogP contribution in [0.3, 0.4) is 0 Å². The molecule has 0 aliphatic heterocycles. The van der Waals surface area contributed by atoms with E-state index in [0.717, 1.165) is 22.3 Å². The van der Waals surface area contributed by atoms with Crippen LogP contribution in [0, 0.1) is 0 Å². The van der Waals surface area contributed by atoms with Crippen LogP contribution in [0.15, 0.2) is 60.7 Å². The molecule has 156 valence electrons. The van der Waals surface area contributed by atoms with Crippen LogP contribution in [0.2, 0.25) is 15.1 Å². The summed E-state index contributed by atoms with van der Waals surface area (Å²) in [6.45, 7) is 1.71. The largest absolute Gasteiger partial charge is 0.477 e. The molecule has 3 nitrogen and oxygen atoms in total. The lowest BCUT2D eigenvalue weighted by molar-refractivity contribution is -0.152. The van der Waals surface area contributed by atoms with Crippen LogP contribution in [-0.4, -0.2) is 12.1 Å². The molecule has 1 unspecified atom stereocenters. The summed E-state index contributed by atoms with van der Waals surface area (Å²) in [5.41, 5.74) is 4.09. The Bertz CT molecular complexity index is 1020. The second-order valence-corrected chi connectivity index (χ2v) is 8.08. The average molecular weight is 484 g/mol. The molecule has 0 saturated heterocycles. The number of hydrogen-bond donors (Lipinski definition) is 0. The van der Waals surface area contributed by atoms with Crippen molar-refractivity contribution in [3.05, 3.63) is 86.9 Å². The Labute approximate surface area is 195 Å². The van der Waals surface area contributed by atoms with E-state index in [-0.39, 0.29) is 22.4 Å². The highest BCUT2D eigenvalue weighted by molar-refractivity contribution is 6.43. The zero-order chi connectivity index (χ0) is 21.7. The summed E-state index contributed by atoms with van der Waals surface area (Å²) in [6, 6.07) is 18.8. The van der Waals surface area contributed by atoms with Crippen LogP contribution in [0.25, 0.3) is 11.1 Å². The lowest BCUT2D eigenvalue weighted by Gasteiger charge is -2.15. The molecule has 1 atom stereocenters. The monoisotopic (exact) mass is 482 g/mol. The number of esters is 1. The highest BCUT2D eigenvalue weighted by Gasteiger charge is 2.19. The van der Waals surface area contributed by atoms with Gasteiger partial charge in [0.05, 0.1) is 15.1 Å². The maximum Gasteiger partial charge on any atom is 0.347 e. The number of hydrogen-bond acceptors (Lipinski definition) is 3. The molecule has 0 aromatic heterocycles. The van der Waals surface area contributed by atoms with Crippen molar-refractivity contribution in [3.63, 3.8) is 0 Å². The number of carbonyl (C=O) groups excluding carboxylic acids is 1. The summed E-state index contributed by atoms with van der Waals surface area (Å²) >= 11 is 23.8. The lowest BCUT2D eigenvalue weighted by atomic mass is 10.0. The highest BCUT2D eigenvalue weighted by Crippen LogP contribution is 2.34. The standard InChI is InChI=1S/C23H18Cl4O3/c1-14(30-22-11-20(26)19(25)10-21(22)27)23(28)29-13-16-4-8-18(9-5-16)17-6-2-15(12-24)3-7-17/h2-11,14H,12-13H2,1H3. The van der Waals surface area contributed by atoms with Gasteiger partial charge in [-0.15, -0.1) is 11.6 Å². The van der Waals surface area contributed by atoms with Crippen molar-refractivity contribution in [2.45, 2.75) is 25.5 Å². The van der Waals surface area contributed by atoms with E-state index >= 15 is 0 Å². The van der Waals surface area contributed by atoms with Crippen molar-refractivity contribution in [1.82, 2.24) is 0 Å². The molecule has 3 aromatic rings. The maximum atomic E-state index is 12.3. The fraction of sp³-hybridized carbons (Fsp3) is 0.174. The molecule has 0 radical (unpaired) electrons. The molecular formula is C23H18Cl4O3. The first kappa shape index (κ1) is 22.8. The van der Waals surface area contributed by atoms with Crippen LogP contribution >= 0.6 is 46.4 Å². The Morgan fingerprint density at radius 2 is 1.37 bits per heavy atom. The molecule has 3 rings (SSSR count). The number of ether oxygens (including phenoxy) is 2. The molecule has 0 fully saturated rings. The molecule has 3 aromatic carbocycles. The predicted molar refractivity (Wildman–Crippen MR) is 123 cm³/mol. The van der Waals surface area contributed by atoms with Gasteiger partial charge in [0.15, 0.2) is 6.10 Å². The van der Waals surface area contributed by atoms with Crippen LogP contribution in [-0.2, 0) is 22.0 Å². The quantitative estimate of drug-likeness (QED) is 0.197. The number of alkyl halides is 1. The van der Waals surface area contributed by atoms with Crippen molar-refractivity contribution >= 4 is 52.4 Å². The van der Waals surface area contributed by atoms with Gasteiger partial charge in [0.25, 0.3) is 0 Å². The maximum absolute atomic E-state index is 12.3. The fourth-order valence-electron chi connectivity index (χ4n) is 2.68. The van der Waals surface area contributed by atoms with Crippen LogP contribution < -0.4 is 4.74 Å². The lowest BCUT2D eigenvalue weighted by Crippen LogP contribution is -2.26. The van der Waals surface area contributed by atoms with Crippen LogP contribution in [0.1, 0.15) is 18.1 Å². The first-order valence-electron chi connectivity index (χ1n) is 9.09. The molecule has 30 heavy (non-hydrogen) atoms. The molecule has 0 amide bonds. The van der Waals surface area contributed by atoms with Crippen molar-refractivity contribution in [3.8, 4) is 16.9 Å². The molecule has 7 heteroatoms. The number of carbonyl (C=O) groups is 1. The third-order valence-electron chi connectivity index (χ3n) is 4.39. The zero-order valence-electron chi connectivity index (χ0n) is 16.0. The summed E-state index contributed by atoms with van der Waals surface area (Å²) in [6.07, 6.45) is -0.862. The van der Waals surface area contributed by atoms with Gasteiger partial charge in [-0.2, -0.15) is 0 Å². The number of benzene rings is 3. The summed E-state index contributed by atoms with van der Waals surface area (Å²) in [5, 5.41) is 0.857. The predicted octanol–water partition coefficient (Wildman–Crippen LogP) is 7.56. The Morgan fingerprint density at radius 1 is 0.833 bits per heavy atom. The molecule has 0 aliphatic rings. The summed E-state index contributed by atoms with van der Waals surface area (Å²) in [7, 11) is 0. The first-order valence-corrected chi connectivity index (χ1v) is 10.8. The topological polar surface area (TPSA) is 35.5 Å². The number of rotatable bonds is 7. The van der Waals surface area contributed by atoms with Gasteiger partial charge in [-0.1, -0.05) is 83.3 Å². The third-order valence-corrected chi connectivity index (χ3v) is 5.71. The van der Waals surface area contributed by atoms with E-state index in [1.54, 1.807) is 6.92 Å². The normalized spacial score (nSPS) is 11.8. The van der Waals surface area contributed by atoms with Crippen molar-refractivity contribution < 1.29 is 14.3 Å². The smallest absolute Gasteiger partial charge is 0.347 e. The fourth-order valence-corrected chi connectivity index (χ4v) is 3.44. The molecule has 0 aliphatic carbocycles. The summed E-state index contributed by atoms with van der Waals surface area (Å²) in [4.78, 5) is 12.3. The minimum absolute atomic E-state index is 0.132. The van der Waals surface area contributed by atoms with E-state index in [9.17, 15) is 4.79 Å². The third kappa shape index (κ3) is 5.83. The Morgan fingerprint density at radius 3 is 1.93 bits per heavy atom. The van der Waals surface area contributed by atoms with Gasteiger partial charge in [0, 0.05) is 11.9 Å². The summed E-state index contributed by atoms with van der Waals surface area (Å²) < 4.78 is 10.9. The van der Waals surface area contributed by atoms with Gasteiger partial charge in [-0.05, 0) is 35.2 Å². The Hall–Kier alpha value is -1.91. The van der Waals surface area contributed by atoms with E-state index in [1.807, 2.05) is 48.5 Å². The molecule has 0 spiro atoms. The average Bonchev–Trinajstić information content (AvgIpc) is 2.76. The molecule has 0 bridgehead atoms. The second-order valence-electron chi connectivity index (χ2n) is 6.59. The molecular weight excluding hydrogens is 466 g/mol.